The topological polar surface area (TPSA) is 29.3 Å². The third-order valence-corrected chi connectivity index (χ3v) is 4.19. The first kappa shape index (κ1) is 14.3. The highest BCUT2D eigenvalue weighted by atomic mass is 16.3. The van der Waals surface area contributed by atoms with Crippen molar-refractivity contribution in [1.82, 2.24) is 9.88 Å². The summed E-state index contributed by atoms with van der Waals surface area (Å²) in [6.07, 6.45) is 4.52. The molecule has 3 nitrogen and oxygen atoms in total. The standard InChI is InChI=1S/C18H24N2O/c1-4-9-20-10-7-14(8-11-20)18-19-16-12-15(13(2)3)5-6-17(16)21-18/h5-7,12-13H,4,8-11H2,1-3H3. The predicted octanol–water partition coefficient (Wildman–Crippen LogP) is 4.45. The molecular formula is C18H24N2O. The van der Waals surface area contributed by atoms with Gasteiger partial charge in [-0.1, -0.05) is 32.9 Å². The molecule has 0 radical (unpaired) electrons. The van der Waals surface area contributed by atoms with Crippen LogP contribution in [0.3, 0.4) is 0 Å². The Bertz CT molecular complexity index is 654. The lowest BCUT2D eigenvalue weighted by Crippen LogP contribution is -2.29. The first-order valence-corrected chi connectivity index (χ1v) is 7.99. The maximum Gasteiger partial charge on any atom is 0.222 e. The van der Waals surface area contributed by atoms with Gasteiger partial charge in [0.2, 0.25) is 5.89 Å². The Hall–Kier alpha value is -1.61. The van der Waals surface area contributed by atoms with Crippen molar-refractivity contribution in [1.29, 1.82) is 0 Å². The average Bonchev–Trinajstić information content (AvgIpc) is 2.91. The van der Waals surface area contributed by atoms with Gasteiger partial charge in [0.1, 0.15) is 5.52 Å². The lowest BCUT2D eigenvalue weighted by molar-refractivity contribution is 0.301. The van der Waals surface area contributed by atoms with Crippen molar-refractivity contribution in [2.75, 3.05) is 19.6 Å². The highest BCUT2D eigenvalue weighted by molar-refractivity contribution is 5.76. The van der Waals surface area contributed by atoms with Crippen LogP contribution >= 0.6 is 0 Å². The van der Waals surface area contributed by atoms with Crippen molar-refractivity contribution < 1.29 is 4.42 Å². The number of fused-ring (bicyclic) bond motifs is 1. The SMILES string of the molecule is CCCN1CC=C(c2nc3cc(C(C)C)ccc3o2)CC1. The highest BCUT2D eigenvalue weighted by Gasteiger charge is 2.17. The molecule has 3 rings (SSSR count). The van der Waals surface area contributed by atoms with Crippen molar-refractivity contribution in [3.8, 4) is 0 Å². The van der Waals surface area contributed by atoms with Gasteiger partial charge in [-0.05, 0) is 43.0 Å². The van der Waals surface area contributed by atoms with Crippen LogP contribution in [-0.4, -0.2) is 29.5 Å². The normalized spacial score (nSPS) is 16.7. The molecule has 3 heteroatoms. The van der Waals surface area contributed by atoms with E-state index in [1.165, 1.54) is 24.1 Å². The fraction of sp³-hybridized carbons (Fsp3) is 0.500. The summed E-state index contributed by atoms with van der Waals surface area (Å²) < 4.78 is 5.94. The van der Waals surface area contributed by atoms with Crippen LogP contribution < -0.4 is 0 Å². The Labute approximate surface area is 126 Å². The molecule has 0 spiro atoms. The zero-order valence-electron chi connectivity index (χ0n) is 13.2. The zero-order valence-corrected chi connectivity index (χ0v) is 13.2. The Kier molecular flexibility index (Phi) is 4.11. The van der Waals surface area contributed by atoms with Gasteiger partial charge in [-0.3, -0.25) is 4.90 Å². The Morgan fingerprint density at radius 3 is 2.86 bits per heavy atom. The molecule has 0 fully saturated rings. The molecule has 0 amide bonds. The van der Waals surface area contributed by atoms with Crippen LogP contribution in [0.4, 0.5) is 0 Å². The monoisotopic (exact) mass is 284 g/mol. The van der Waals surface area contributed by atoms with Crippen molar-refractivity contribution in [2.45, 2.75) is 39.5 Å². The van der Waals surface area contributed by atoms with E-state index in [-0.39, 0.29) is 0 Å². The van der Waals surface area contributed by atoms with E-state index < -0.39 is 0 Å². The number of hydrogen-bond acceptors (Lipinski definition) is 3. The number of hydrogen-bond donors (Lipinski definition) is 0. The van der Waals surface area contributed by atoms with Gasteiger partial charge in [-0.25, -0.2) is 4.98 Å². The molecule has 2 aromatic rings. The molecule has 1 aliphatic rings. The smallest absolute Gasteiger partial charge is 0.222 e. The molecule has 0 atom stereocenters. The van der Waals surface area contributed by atoms with E-state index in [1.54, 1.807) is 0 Å². The number of rotatable bonds is 4. The fourth-order valence-electron chi connectivity index (χ4n) is 2.87. The van der Waals surface area contributed by atoms with E-state index in [0.29, 0.717) is 5.92 Å². The molecule has 0 saturated heterocycles. The van der Waals surface area contributed by atoms with Crippen LogP contribution in [-0.2, 0) is 0 Å². The molecule has 0 unspecified atom stereocenters. The van der Waals surface area contributed by atoms with Crippen LogP contribution in [0.2, 0.25) is 0 Å². The molecule has 1 aromatic carbocycles. The van der Waals surface area contributed by atoms with E-state index in [4.69, 9.17) is 9.40 Å². The quantitative estimate of drug-likeness (QED) is 0.830. The second-order valence-electron chi connectivity index (χ2n) is 6.18. The molecule has 112 valence electrons. The number of nitrogens with zero attached hydrogens (tertiary/aromatic N) is 2. The van der Waals surface area contributed by atoms with Crippen molar-refractivity contribution in [3.63, 3.8) is 0 Å². The van der Waals surface area contributed by atoms with Gasteiger partial charge in [0.25, 0.3) is 0 Å². The van der Waals surface area contributed by atoms with Crippen molar-refractivity contribution in [3.05, 3.63) is 35.7 Å². The average molecular weight is 284 g/mol. The predicted molar refractivity (Wildman–Crippen MR) is 87.4 cm³/mol. The third-order valence-electron chi connectivity index (χ3n) is 4.19. The van der Waals surface area contributed by atoms with Crippen LogP contribution in [0.25, 0.3) is 16.7 Å². The largest absolute Gasteiger partial charge is 0.436 e. The minimum absolute atomic E-state index is 0.519. The van der Waals surface area contributed by atoms with Crippen LogP contribution in [0.15, 0.2) is 28.7 Å². The highest BCUT2D eigenvalue weighted by Crippen LogP contribution is 2.27. The first-order chi connectivity index (χ1) is 10.2. The summed E-state index contributed by atoms with van der Waals surface area (Å²) in [6.45, 7) is 9.93. The Morgan fingerprint density at radius 2 is 2.19 bits per heavy atom. The summed E-state index contributed by atoms with van der Waals surface area (Å²) in [5.41, 5.74) is 4.44. The molecular weight excluding hydrogens is 260 g/mol. The van der Waals surface area contributed by atoms with Gasteiger partial charge in [0, 0.05) is 18.7 Å². The van der Waals surface area contributed by atoms with Gasteiger partial charge < -0.3 is 4.42 Å². The molecule has 0 saturated carbocycles. The number of benzene rings is 1. The van der Waals surface area contributed by atoms with E-state index in [1.807, 2.05) is 6.07 Å². The lowest BCUT2D eigenvalue weighted by Gasteiger charge is -2.24. The first-order valence-electron chi connectivity index (χ1n) is 7.99. The minimum Gasteiger partial charge on any atom is -0.436 e. The molecule has 0 aliphatic carbocycles. The van der Waals surface area contributed by atoms with Crippen molar-refractivity contribution >= 4 is 16.7 Å². The second kappa shape index (κ2) is 6.02. The van der Waals surface area contributed by atoms with E-state index >= 15 is 0 Å². The Morgan fingerprint density at radius 1 is 1.33 bits per heavy atom. The summed E-state index contributed by atoms with van der Waals surface area (Å²) in [5.74, 6) is 1.33. The maximum atomic E-state index is 5.94. The summed E-state index contributed by atoms with van der Waals surface area (Å²) >= 11 is 0. The van der Waals surface area contributed by atoms with Gasteiger partial charge in [0.15, 0.2) is 5.58 Å². The molecule has 1 aliphatic heterocycles. The van der Waals surface area contributed by atoms with Gasteiger partial charge in [-0.15, -0.1) is 0 Å². The molecule has 0 bridgehead atoms. The minimum atomic E-state index is 0.519. The summed E-state index contributed by atoms with van der Waals surface area (Å²) in [6, 6.07) is 6.34. The van der Waals surface area contributed by atoms with Gasteiger partial charge in [-0.2, -0.15) is 0 Å². The Balaban J connectivity index is 1.85. The fourth-order valence-corrected chi connectivity index (χ4v) is 2.87. The van der Waals surface area contributed by atoms with Crippen LogP contribution in [0.5, 0.6) is 0 Å². The van der Waals surface area contributed by atoms with E-state index in [9.17, 15) is 0 Å². The second-order valence-corrected chi connectivity index (χ2v) is 6.18. The maximum absolute atomic E-state index is 5.94. The summed E-state index contributed by atoms with van der Waals surface area (Å²) in [5, 5.41) is 0. The summed E-state index contributed by atoms with van der Waals surface area (Å²) in [7, 11) is 0. The lowest BCUT2D eigenvalue weighted by atomic mass is 10.0. The summed E-state index contributed by atoms with van der Waals surface area (Å²) in [4.78, 5) is 7.17. The zero-order chi connectivity index (χ0) is 14.8. The molecule has 2 heterocycles. The number of aromatic nitrogens is 1. The molecule has 21 heavy (non-hydrogen) atoms. The van der Waals surface area contributed by atoms with Crippen LogP contribution in [0, 0.1) is 0 Å². The van der Waals surface area contributed by atoms with E-state index in [0.717, 1.165) is 36.5 Å². The van der Waals surface area contributed by atoms with Crippen molar-refractivity contribution in [2.24, 2.45) is 0 Å². The molecule has 1 aromatic heterocycles. The van der Waals surface area contributed by atoms with Gasteiger partial charge >= 0.3 is 0 Å². The van der Waals surface area contributed by atoms with Gasteiger partial charge in [0.05, 0.1) is 0 Å². The van der Waals surface area contributed by atoms with E-state index in [2.05, 4.69) is 43.9 Å². The number of oxazole rings is 1. The van der Waals surface area contributed by atoms with Crippen LogP contribution in [0.1, 0.15) is 51.0 Å². The third kappa shape index (κ3) is 3.03. The molecule has 0 N–H and O–H groups in total.